The van der Waals surface area contributed by atoms with Gasteiger partial charge in [-0.1, -0.05) is 18.2 Å². The molecule has 1 amide bonds. The Bertz CT molecular complexity index is 638. The molecule has 114 valence electrons. The van der Waals surface area contributed by atoms with E-state index < -0.39 is 0 Å². The van der Waals surface area contributed by atoms with Crippen molar-refractivity contribution in [3.8, 4) is 0 Å². The van der Waals surface area contributed by atoms with Crippen LogP contribution in [0.1, 0.15) is 10.5 Å². The maximum absolute atomic E-state index is 12.5. The van der Waals surface area contributed by atoms with Crippen molar-refractivity contribution in [3.63, 3.8) is 0 Å². The molecule has 1 aliphatic rings. The Morgan fingerprint density at radius 3 is 2.55 bits per heavy atom. The molecule has 2 heterocycles. The van der Waals surface area contributed by atoms with Crippen molar-refractivity contribution in [2.75, 3.05) is 38.5 Å². The number of amides is 1. The summed E-state index contributed by atoms with van der Waals surface area (Å²) in [6.45, 7) is 3.26. The molecule has 2 aromatic rings. The summed E-state index contributed by atoms with van der Waals surface area (Å²) in [5.41, 5.74) is 1.36. The zero-order valence-electron chi connectivity index (χ0n) is 12.6. The van der Waals surface area contributed by atoms with Crippen LogP contribution >= 0.6 is 0 Å². The van der Waals surface area contributed by atoms with Gasteiger partial charge >= 0.3 is 0 Å². The molecule has 1 N–H and O–H groups in total. The number of rotatable bonds is 3. The number of para-hydroxylation sites is 1. The lowest BCUT2D eigenvalue weighted by atomic mass is 10.2. The van der Waals surface area contributed by atoms with Crippen LogP contribution in [0.3, 0.4) is 0 Å². The number of carbonyl (C=O) groups excluding carboxylic acids is 1. The lowest BCUT2D eigenvalue weighted by Crippen LogP contribution is -2.47. The minimum absolute atomic E-state index is 0.0355. The summed E-state index contributed by atoms with van der Waals surface area (Å²) in [5, 5.41) is 3.18. The average Bonchev–Trinajstić information content (AvgIpc) is 2.56. The molecule has 6 nitrogen and oxygen atoms in total. The van der Waals surface area contributed by atoms with Gasteiger partial charge in [-0.15, -0.1) is 0 Å². The molecule has 0 radical (unpaired) electrons. The molecular formula is C16H19N5O. The Kier molecular flexibility index (Phi) is 4.29. The van der Waals surface area contributed by atoms with E-state index in [-0.39, 0.29) is 5.91 Å². The van der Waals surface area contributed by atoms with E-state index in [2.05, 4.69) is 27.2 Å². The summed E-state index contributed by atoms with van der Waals surface area (Å²) in [7, 11) is 2.06. The summed E-state index contributed by atoms with van der Waals surface area (Å²) in [6.07, 6.45) is 1.43. The molecular weight excluding hydrogens is 278 g/mol. The number of piperazine rings is 1. The van der Waals surface area contributed by atoms with E-state index in [4.69, 9.17) is 0 Å². The van der Waals surface area contributed by atoms with Gasteiger partial charge in [-0.05, 0) is 19.2 Å². The van der Waals surface area contributed by atoms with Crippen LogP contribution in [0.2, 0.25) is 0 Å². The van der Waals surface area contributed by atoms with E-state index in [1.165, 1.54) is 6.33 Å². The smallest absolute Gasteiger partial charge is 0.272 e. The van der Waals surface area contributed by atoms with E-state index >= 15 is 0 Å². The molecule has 1 aromatic heterocycles. The second-order valence-electron chi connectivity index (χ2n) is 5.37. The highest BCUT2D eigenvalue weighted by molar-refractivity contribution is 5.93. The molecule has 3 rings (SSSR count). The molecule has 1 fully saturated rings. The van der Waals surface area contributed by atoms with E-state index in [0.717, 1.165) is 31.9 Å². The number of benzene rings is 1. The van der Waals surface area contributed by atoms with Crippen LogP contribution in [0.4, 0.5) is 11.5 Å². The van der Waals surface area contributed by atoms with Crippen LogP contribution in [0, 0.1) is 0 Å². The first-order chi connectivity index (χ1) is 10.7. The third kappa shape index (κ3) is 3.40. The summed E-state index contributed by atoms with van der Waals surface area (Å²) in [6, 6.07) is 11.4. The van der Waals surface area contributed by atoms with Crippen LogP contribution in [-0.2, 0) is 0 Å². The number of anilines is 2. The Morgan fingerprint density at radius 1 is 1.09 bits per heavy atom. The van der Waals surface area contributed by atoms with Crippen LogP contribution < -0.4 is 5.32 Å². The van der Waals surface area contributed by atoms with Crippen LogP contribution in [-0.4, -0.2) is 58.9 Å². The Morgan fingerprint density at radius 2 is 1.82 bits per heavy atom. The van der Waals surface area contributed by atoms with Crippen LogP contribution in [0.5, 0.6) is 0 Å². The Balaban J connectivity index is 1.72. The number of hydrogen-bond acceptors (Lipinski definition) is 5. The highest BCUT2D eigenvalue weighted by Gasteiger charge is 2.21. The van der Waals surface area contributed by atoms with Gasteiger partial charge in [0.2, 0.25) is 0 Å². The van der Waals surface area contributed by atoms with E-state index in [1.807, 2.05) is 35.2 Å². The molecule has 0 bridgehead atoms. The molecule has 0 aliphatic carbocycles. The maximum atomic E-state index is 12.5. The zero-order chi connectivity index (χ0) is 15.4. The molecule has 0 atom stereocenters. The van der Waals surface area contributed by atoms with Gasteiger partial charge in [-0.25, -0.2) is 9.97 Å². The summed E-state index contributed by atoms with van der Waals surface area (Å²) < 4.78 is 0. The predicted molar refractivity (Wildman–Crippen MR) is 85.2 cm³/mol. The number of nitrogens with zero attached hydrogens (tertiary/aromatic N) is 4. The van der Waals surface area contributed by atoms with Gasteiger partial charge in [0.25, 0.3) is 5.91 Å². The average molecular weight is 297 g/mol. The molecule has 1 aliphatic heterocycles. The van der Waals surface area contributed by atoms with Gasteiger partial charge in [0.15, 0.2) is 0 Å². The van der Waals surface area contributed by atoms with E-state index in [9.17, 15) is 4.79 Å². The van der Waals surface area contributed by atoms with Crippen LogP contribution in [0.15, 0.2) is 42.7 Å². The minimum Gasteiger partial charge on any atom is -0.340 e. The van der Waals surface area contributed by atoms with E-state index in [0.29, 0.717) is 11.5 Å². The molecule has 0 saturated carbocycles. The standard InChI is InChI=1S/C16H19N5O/c1-20-7-9-21(10-8-20)16(22)14-11-15(18-12-17-14)19-13-5-3-2-4-6-13/h2-6,11-12H,7-10H2,1H3,(H,17,18,19). The minimum atomic E-state index is -0.0355. The van der Waals surface area contributed by atoms with Crippen molar-refractivity contribution in [1.82, 2.24) is 19.8 Å². The monoisotopic (exact) mass is 297 g/mol. The fraction of sp³-hybridized carbons (Fsp3) is 0.312. The highest BCUT2D eigenvalue weighted by atomic mass is 16.2. The maximum Gasteiger partial charge on any atom is 0.272 e. The van der Waals surface area contributed by atoms with Crippen molar-refractivity contribution < 1.29 is 4.79 Å². The Labute approximate surface area is 129 Å². The predicted octanol–water partition coefficient (Wildman–Crippen LogP) is 1.61. The van der Waals surface area contributed by atoms with Gasteiger partial charge in [-0.3, -0.25) is 4.79 Å². The van der Waals surface area contributed by atoms with Crippen molar-refractivity contribution in [2.45, 2.75) is 0 Å². The number of likely N-dealkylation sites (N-methyl/N-ethyl adjacent to an activating group) is 1. The van der Waals surface area contributed by atoms with Crippen LogP contribution in [0.25, 0.3) is 0 Å². The number of carbonyl (C=O) groups is 1. The number of nitrogens with one attached hydrogen (secondary N) is 1. The van der Waals surface area contributed by atoms with Gasteiger partial charge in [0, 0.05) is 37.9 Å². The molecule has 1 saturated heterocycles. The fourth-order valence-electron chi connectivity index (χ4n) is 2.38. The molecule has 6 heteroatoms. The lowest BCUT2D eigenvalue weighted by Gasteiger charge is -2.32. The second-order valence-corrected chi connectivity index (χ2v) is 5.37. The summed E-state index contributed by atoms with van der Waals surface area (Å²) in [5.74, 6) is 0.588. The molecule has 22 heavy (non-hydrogen) atoms. The number of aromatic nitrogens is 2. The first-order valence-corrected chi connectivity index (χ1v) is 7.34. The third-order valence-corrected chi connectivity index (χ3v) is 3.72. The summed E-state index contributed by atoms with van der Waals surface area (Å²) in [4.78, 5) is 24.8. The largest absolute Gasteiger partial charge is 0.340 e. The fourth-order valence-corrected chi connectivity index (χ4v) is 2.38. The molecule has 0 unspecified atom stereocenters. The first kappa shape index (κ1) is 14.5. The van der Waals surface area contributed by atoms with Crippen molar-refractivity contribution in [2.24, 2.45) is 0 Å². The normalized spacial score (nSPS) is 15.6. The quantitative estimate of drug-likeness (QED) is 0.932. The zero-order valence-corrected chi connectivity index (χ0v) is 12.6. The molecule has 0 spiro atoms. The van der Waals surface area contributed by atoms with Gasteiger partial charge in [0.05, 0.1) is 0 Å². The van der Waals surface area contributed by atoms with Crippen molar-refractivity contribution >= 4 is 17.4 Å². The van der Waals surface area contributed by atoms with Gasteiger partial charge in [0.1, 0.15) is 17.8 Å². The van der Waals surface area contributed by atoms with Crippen molar-refractivity contribution in [3.05, 3.63) is 48.4 Å². The second kappa shape index (κ2) is 6.53. The molecule has 1 aromatic carbocycles. The van der Waals surface area contributed by atoms with Gasteiger partial charge < -0.3 is 15.1 Å². The third-order valence-electron chi connectivity index (χ3n) is 3.72. The SMILES string of the molecule is CN1CCN(C(=O)c2cc(Nc3ccccc3)ncn2)CC1. The van der Waals surface area contributed by atoms with Gasteiger partial charge in [-0.2, -0.15) is 0 Å². The Hall–Kier alpha value is -2.47. The first-order valence-electron chi connectivity index (χ1n) is 7.34. The number of hydrogen-bond donors (Lipinski definition) is 1. The lowest BCUT2D eigenvalue weighted by molar-refractivity contribution is 0.0658. The highest BCUT2D eigenvalue weighted by Crippen LogP contribution is 2.15. The summed E-state index contributed by atoms with van der Waals surface area (Å²) >= 11 is 0. The van der Waals surface area contributed by atoms with E-state index in [1.54, 1.807) is 6.07 Å². The van der Waals surface area contributed by atoms with Crippen molar-refractivity contribution in [1.29, 1.82) is 0 Å². The topological polar surface area (TPSA) is 61.4 Å².